The summed E-state index contributed by atoms with van der Waals surface area (Å²) in [7, 11) is 0. The highest BCUT2D eigenvalue weighted by Crippen LogP contribution is 2.19. The van der Waals surface area contributed by atoms with Gasteiger partial charge >= 0.3 is 0 Å². The summed E-state index contributed by atoms with van der Waals surface area (Å²) >= 11 is 3.36. The Morgan fingerprint density at radius 3 is 2.27 bits per heavy atom. The number of nitrogens with zero attached hydrogens (tertiary/aromatic N) is 1. The predicted octanol–water partition coefficient (Wildman–Crippen LogP) is 4.39. The fourth-order valence-electron chi connectivity index (χ4n) is 2.87. The Morgan fingerprint density at radius 2 is 1.63 bits per heavy atom. The summed E-state index contributed by atoms with van der Waals surface area (Å²) in [4.78, 5) is 26.2. The highest BCUT2D eigenvalue weighted by molar-refractivity contribution is 9.10. The van der Waals surface area contributed by atoms with Gasteiger partial charge in [-0.05, 0) is 49.7 Å². The van der Waals surface area contributed by atoms with E-state index < -0.39 is 29.0 Å². The minimum atomic E-state index is -1.65. The molecule has 0 aliphatic rings. The van der Waals surface area contributed by atoms with Crippen LogP contribution >= 0.6 is 15.9 Å². The summed E-state index contributed by atoms with van der Waals surface area (Å²) in [5, 5.41) is 5.09. The van der Waals surface area contributed by atoms with Gasteiger partial charge in [0.2, 0.25) is 11.8 Å². The molecule has 0 fully saturated rings. The number of hydrogen-bond donors (Lipinski definition) is 2. The third-order valence-corrected chi connectivity index (χ3v) is 4.86. The molecule has 0 bridgehead atoms. The van der Waals surface area contributed by atoms with E-state index in [1.165, 1.54) is 0 Å². The summed E-state index contributed by atoms with van der Waals surface area (Å²) in [6, 6.07) is 8.99. The molecule has 2 rings (SSSR count). The maximum Gasteiger partial charge on any atom is 0.238 e. The molecule has 2 aromatic carbocycles. The molecule has 0 aliphatic heterocycles. The topological polar surface area (TPSA) is 61.4 Å². The molecule has 0 saturated carbocycles. The molecule has 9 heteroatoms. The minimum Gasteiger partial charge on any atom is -0.348 e. The normalized spacial score (nSPS) is 12.0. The molecule has 0 aromatic heterocycles. The van der Waals surface area contributed by atoms with Crippen LogP contribution in [-0.2, 0) is 9.59 Å². The van der Waals surface area contributed by atoms with Gasteiger partial charge in [-0.25, -0.2) is 13.2 Å². The fraction of sp³-hybridized carbons (Fsp3) is 0.333. The van der Waals surface area contributed by atoms with Gasteiger partial charge in [0, 0.05) is 4.47 Å². The van der Waals surface area contributed by atoms with E-state index in [-0.39, 0.29) is 25.0 Å². The summed E-state index contributed by atoms with van der Waals surface area (Å²) in [5.74, 6) is -5.37. The van der Waals surface area contributed by atoms with Crippen LogP contribution in [0.1, 0.15) is 31.9 Å². The van der Waals surface area contributed by atoms with Crippen molar-refractivity contribution in [3.05, 3.63) is 63.9 Å². The van der Waals surface area contributed by atoms with E-state index in [9.17, 15) is 22.8 Å². The molecular weight excluding hydrogens is 463 g/mol. The van der Waals surface area contributed by atoms with Crippen molar-refractivity contribution in [2.75, 3.05) is 25.0 Å². The molecule has 2 amide bonds. The van der Waals surface area contributed by atoms with Crippen molar-refractivity contribution in [1.29, 1.82) is 0 Å². The Bertz CT molecular complexity index is 894. The minimum absolute atomic E-state index is 0.0393. The van der Waals surface area contributed by atoms with Crippen molar-refractivity contribution in [3.8, 4) is 0 Å². The average molecular weight is 486 g/mol. The zero-order chi connectivity index (χ0) is 22.3. The van der Waals surface area contributed by atoms with Gasteiger partial charge in [0.1, 0.15) is 0 Å². The molecule has 162 valence electrons. The Hall–Kier alpha value is -2.39. The number of anilines is 1. The zero-order valence-electron chi connectivity index (χ0n) is 16.6. The van der Waals surface area contributed by atoms with Crippen LogP contribution in [0.25, 0.3) is 0 Å². The molecule has 5 nitrogen and oxygen atoms in total. The van der Waals surface area contributed by atoms with Crippen LogP contribution in [0.2, 0.25) is 0 Å². The van der Waals surface area contributed by atoms with Gasteiger partial charge in [0.05, 0.1) is 24.8 Å². The van der Waals surface area contributed by atoms with Crippen molar-refractivity contribution < 1.29 is 22.8 Å². The lowest BCUT2D eigenvalue weighted by atomic mass is 10.1. The molecule has 2 aromatic rings. The van der Waals surface area contributed by atoms with Crippen molar-refractivity contribution in [2.45, 2.75) is 26.3 Å². The smallest absolute Gasteiger partial charge is 0.238 e. The first-order valence-electron chi connectivity index (χ1n) is 9.41. The summed E-state index contributed by atoms with van der Waals surface area (Å²) in [6.45, 7) is 3.95. The number of carbonyl (C=O) groups excluding carboxylic acids is 2. The first kappa shape index (κ1) is 23.9. The van der Waals surface area contributed by atoms with Gasteiger partial charge in [0.15, 0.2) is 17.5 Å². The van der Waals surface area contributed by atoms with E-state index in [2.05, 4.69) is 26.6 Å². The molecule has 0 spiro atoms. The molecule has 1 unspecified atom stereocenters. The molecule has 0 radical (unpaired) electrons. The number of amides is 2. The van der Waals surface area contributed by atoms with E-state index >= 15 is 0 Å². The largest absolute Gasteiger partial charge is 0.348 e. The van der Waals surface area contributed by atoms with Gasteiger partial charge in [0.25, 0.3) is 0 Å². The van der Waals surface area contributed by atoms with Crippen LogP contribution in [0.5, 0.6) is 0 Å². The van der Waals surface area contributed by atoms with Crippen LogP contribution < -0.4 is 10.6 Å². The van der Waals surface area contributed by atoms with Gasteiger partial charge in [-0.15, -0.1) is 0 Å². The zero-order valence-corrected chi connectivity index (χ0v) is 18.2. The molecule has 0 heterocycles. The van der Waals surface area contributed by atoms with E-state index in [0.29, 0.717) is 13.0 Å². The van der Waals surface area contributed by atoms with Gasteiger partial charge < -0.3 is 10.6 Å². The lowest BCUT2D eigenvalue weighted by molar-refractivity contribution is -0.124. The number of rotatable bonds is 9. The van der Waals surface area contributed by atoms with E-state index in [0.717, 1.165) is 22.2 Å². The molecule has 0 aliphatic carbocycles. The molecular formula is C21H23BrF3N3O2. The summed E-state index contributed by atoms with van der Waals surface area (Å²) in [6.07, 6.45) is 0.683. The third kappa shape index (κ3) is 6.84. The number of carbonyl (C=O) groups is 2. The quantitative estimate of drug-likeness (QED) is 0.517. The summed E-state index contributed by atoms with van der Waals surface area (Å²) < 4.78 is 41.0. The van der Waals surface area contributed by atoms with E-state index in [1.807, 2.05) is 38.1 Å². The molecule has 30 heavy (non-hydrogen) atoms. The Kier molecular flexibility index (Phi) is 8.86. The monoisotopic (exact) mass is 485 g/mol. The second-order valence-electron chi connectivity index (χ2n) is 6.82. The lowest BCUT2D eigenvalue weighted by Crippen LogP contribution is -2.42. The van der Waals surface area contributed by atoms with Crippen LogP contribution in [-0.4, -0.2) is 36.3 Å². The van der Waals surface area contributed by atoms with Crippen molar-refractivity contribution in [2.24, 2.45) is 0 Å². The van der Waals surface area contributed by atoms with E-state index in [4.69, 9.17) is 0 Å². The van der Waals surface area contributed by atoms with E-state index in [1.54, 1.807) is 4.90 Å². The highest BCUT2D eigenvalue weighted by atomic mass is 79.9. The standard InChI is InChI=1S/C21H23BrF3N3O2/c1-3-10-28(11-18(29)26-13(2)14-4-6-15(22)7-5-14)12-19(30)27-17-9-8-16(23)20(24)21(17)25/h4-9,13H,3,10-12H2,1-2H3,(H,26,29)(H,27,30). The third-order valence-electron chi connectivity index (χ3n) is 4.33. The number of nitrogens with one attached hydrogen (secondary N) is 2. The Morgan fingerprint density at radius 1 is 1.00 bits per heavy atom. The Labute approximate surface area is 181 Å². The first-order chi connectivity index (χ1) is 14.2. The number of hydrogen-bond acceptors (Lipinski definition) is 3. The maximum absolute atomic E-state index is 13.7. The molecule has 0 saturated heterocycles. The average Bonchev–Trinajstić information content (AvgIpc) is 2.69. The Balaban J connectivity index is 1.94. The second-order valence-corrected chi connectivity index (χ2v) is 7.74. The van der Waals surface area contributed by atoms with Gasteiger partial charge in [-0.1, -0.05) is 35.0 Å². The van der Waals surface area contributed by atoms with Crippen LogP contribution in [0.4, 0.5) is 18.9 Å². The number of benzene rings is 2. The summed E-state index contributed by atoms with van der Waals surface area (Å²) in [5.41, 5.74) is 0.476. The SMILES string of the molecule is CCCN(CC(=O)Nc1ccc(F)c(F)c1F)CC(=O)NC(C)c1ccc(Br)cc1. The number of halogens is 4. The maximum atomic E-state index is 13.7. The predicted molar refractivity (Wildman–Crippen MR) is 112 cm³/mol. The van der Waals surface area contributed by atoms with Crippen LogP contribution in [0.15, 0.2) is 40.9 Å². The van der Waals surface area contributed by atoms with Crippen LogP contribution in [0, 0.1) is 17.5 Å². The van der Waals surface area contributed by atoms with Gasteiger partial charge in [-0.3, -0.25) is 14.5 Å². The van der Waals surface area contributed by atoms with Gasteiger partial charge in [-0.2, -0.15) is 0 Å². The second kappa shape index (κ2) is 11.1. The van der Waals surface area contributed by atoms with Crippen molar-refractivity contribution >= 4 is 33.4 Å². The molecule has 1 atom stereocenters. The van der Waals surface area contributed by atoms with Crippen molar-refractivity contribution in [3.63, 3.8) is 0 Å². The highest BCUT2D eigenvalue weighted by Gasteiger charge is 2.19. The molecule has 2 N–H and O–H groups in total. The lowest BCUT2D eigenvalue weighted by Gasteiger charge is -2.22. The van der Waals surface area contributed by atoms with Crippen LogP contribution in [0.3, 0.4) is 0 Å². The first-order valence-corrected chi connectivity index (χ1v) is 10.2. The van der Waals surface area contributed by atoms with Crippen molar-refractivity contribution in [1.82, 2.24) is 10.2 Å². The fourth-order valence-corrected chi connectivity index (χ4v) is 3.13.